The molecule has 0 rings (SSSR count). The van der Waals surface area contributed by atoms with E-state index in [1.54, 1.807) is 0 Å². The Morgan fingerprint density at radius 2 is 1.85 bits per heavy atom. The van der Waals surface area contributed by atoms with Crippen molar-refractivity contribution in [2.24, 2.45) is 5.92 Å². The van der Waals surface area contributed by atoms with E-state index >= 15 is 0 Å². The van der Waals surface area contributed by atoms with Gasteiger partial charge in [-0.2, -0.15) is 0 Å². The van der Waals surface area contributed by atoms with Gasteiger partial charge in [-0.25, -0.2) is 0 Å². The average molecular weight is 180 g/mol. The van der Waals surface area contributed by atoms with E-state index in [0.29, 0.717) is 0 Å². The SMILES string of the molecule is CCCC=C(C)C=C(C)C(C)CC. The van der Waals surface area contributed by atoms with Gasteiger partial charge in [0.05, 0.1) is 0 Å². The Labute approximate surface area is 83.7 Å². The fourth-order valence-corrected chi connectivity index (χ4v) is 1.25. The van der Waals surface area contributed by atoms with E-state index in [4.69, 9.17) is 0 Å². The molecular formula is C13H24. The van der Waals surface area contributed by atoms with Crippen molar-refractivity contribution in [2.75, 3.05) is 0 Å². The lowest BCUT2D eigenvalue weighted by Crippen LogP contribution is -1.93. The molecule has 0 radical (unpaired) electrons. The van der Waals surface area contributed by atoms with Crippen molar-refractivity contribution < 1.29 is 0 Å². The first-order valence-electron chi connectivity index (χ1n) is 5.46. The van der Waals surface area contributed by atoms with Crippen LogP contribution < -0.4 is 0 Å². The summed E-state index contributed by atoms with van der Waals surface area (Å²) < 4.78 is 0. The number of rotatable bonds is 5. The van der Waals surface area contributed by atoms with Crippen LogP contribution in [0.15, 0.2) is 23.3 Å². The fourth-order valence-electron chi connectivity index (χ4n) is 1.25. The maximum absolute atomic E-state index is 2.33. The lowest BCUT2D eigenvalue weighted by molar-refractivity contribution is 0.655. The summed E-state index contributed by atoms with van der Waals surface area (Å²) in [4.78, 5) is 0. The van der Waals surface area contributed by atoms with Gasteiger partial charge in [-0.15, -0.1) is 0 Å². The van der Waals surface area contributed by atoms with E-state index in [-0.39, 0.29) is 0 Å². The molecule has 0 saturated heterocycles. The third-order valence-electron chi connectivity index (χ3n) is 2.60. The van der Waals surface area contributed by atoms with Crippen molar-refractivity contribution in [3.63, 3.8) is 0 Å². The van der Waals surface area contributed by atoms with Crippen LogP contribution in [0.2, 0.25) is 0 Å². The largest absolute Gasteiger partial charge is 0.0816 e. The van der Waals surface area contributed by atoms with Crippen molar-refractivity contribution in [2.45, 2.75) is 53.9 Å². The van der Waals surface area contributed by atoms with Crippen LogP contribution in [0.5, 0.6) is 0 Å². The summed E-state index contributed by atoms with van der Waals surface area (Å²) in [5.74, 6) is 0.727. The van der Waals surface area contributed by atoms with Crippen molar-refractivity contribution in [1.82, 2.24) is 0 Å². The highest BCUT2D eigenvalue weighted by molar-refractivity contribution is 5.21. The molecular weight excluding hydrogens is 156 g/mol. The van der Waals surface area contributed by atoms with E-state index in [1.807, 2.05) is 0 Å². The average Bonchev–Trinajstić information content (AvgIpc) is 2.13. The molecule has 76 valence electrons. The predicted molar refractivity (Wildman–Crippen MR) is 61.9 cm³/mol. The third-order valence-corrected chi connectivity index (χ3v) is 2.60. The highest BCUT2D eigenvalue weighted by atomic mass is 14.1. The molecule has 0 aliphatic carbocycles. The molecule has 0 aromatic heterocycles. The van der Waals surface area contributed by atoms with Crippen molar-refractivity contribution >= 4 is 0 Å². The molecule has 1 atom stereocenters. The minimum Gasteiger partial charge on any atom is -0.0816 e. The molecule has 0 aliphatic heterocycles. The second-order valence-electron chi connectivity index (χ2n) is 3.93. The highest BCUT2D eigenvalue weighted by Gasteiger charge is 1.99. The van der Waals surface area contributed by atoms with Crippen LogP contribution in [0, 0.1) is 5.92 Å². The molecule has 0 heteroatoms. The summed E-state index contributed by atoms with van der Waals surface area (Å²) in [6.45, 7) is 11.2. The Balaban J connectivity index is 4.20. The first kappa shape index (κ1) is 12.5. The van der Waals surface area contributed by atoms with Gasteiger partial charge in [0.25, 0.3) is 0 Å². The molecule has 0 bridgehead atoms. The van der Waals surface area contributed by atoms with Crippen LogP contribution in [-0.4, -0.2) is 0 Å². The summed E-state index contributed by atoms with van der Waals surface area (Å²) in [6.07, 6.45) is 8.34. The molecule has 1 unspecified atom stereocenters. The van der Waals surface area contributed by atoms with Gasteiger partial charge in [-0.05, 0) is 32.6 Å². The molecule has 0 amide bonds. The second kappa shape index (κ2) is 6.94. The Morgan fingerprint density at radius 3 is 2.31 bits per heavy atom. The van der Waals surface area contributed by atoms with Gasteiger partial charge in [0, 0.05) is 0 Å². The molecule has 0 saturated carbocycles. The van der Waals surface area contributed by atoms with E-state index in [9.17, 15) is 0 Å². The van der Waals surface area contributed by atoms with E-state index in [1.165, 1.54) is 30.4 Å². The number of unbranched alkanes of at least 4 members (excludes halogenated alkanes) is 1. The van der Waals surface area contributed by atoms with Crippen molar-refractivity contribution in [3.8, 4) is 0 Å². The van der Waals surface area contributed by atoms with Gasteiger partial charge in [-0.1, -0.05) is 50.5 Å². The Kier molecular flexibility index (Phi) is 6.66. The fraction of sp³-hybridized carbons (Fsp3) is 0.692. The van der Waals surface area contributed by atoms with Gasteiger partial charge >= 0.3 is 0 Å². The van der Waals surface area contributed by atoms with Crippen LogP contribution in [0.1, 0.15) is 53.9 Å². The normalized spacial score (nSPS) is 16.1. The first-order valence-corrected chi connectivity index (χ1v) is 5.46. The lowest BCUT2D eigenvalue weighted by atomic mass is 9.98. The van der Waals surface area contributed by atoms with Crippen molar-refractivity contribution in [1.29, 1.82) is 0 Å². The van der Waals surface area contributed by atoms with E-state index < -0.39 is 0 Å². The molecule has 0 aliphatic rings. The second-order valence-corrected chi connectivity index (χ2v) is 3.93. The van der Waals surface area contributed by atoms with E-state index in [2.05, 4.69) is 46.8 Å². The number of hydrogen-bond acceptors (Lipinski definition) is 0. The number of hydrogen-bond donors (Lipinski definition) is 0. The number of allylic oxidation sites excluding steroid dienone is 4. The standard InChI is InChI=1S/C13H24/c1-6-8-9-11(3)10-13(5)12(4)7-2/h9-10,12H,6-8H2,1-5H3. The quantitative estimate of drug-likeness (QED) is 0.537. The molecule has 0 aromatic rings. The molecule has 0 heterocycles. The Hall–Kier alpha value is -0.520. The summed E-state index contributed by atoms with van der Waals surface area (Å²) in [7, 11) is 0. The van der Waals surface area contributed by atoms with E-state index in [0.717, 1.165) is 5.92 Å². The van der Waals surface area contributed by atoms with Gasteiger partial charge in [0.1, 0.15) is 0 Å². The monoisotopic (exact) mass is 180 g/mol. The van der Waals surface area contributed by atoms with Gasteiger partial charge < -0.3 is 0 Å². The van der Waals surface area contributed by atoms with Gasteiger partial charge in [0.15, 0.2) is 0 Å². The first-order chi connectivity index (χ1) is 6.11. The van der Waals surface area contributed by atoms with Gasteiger partial charge in [0.2, 0.25) is 0 Å². The summed E-state index contributed by atoms with van der Waals surface area (Å²) >= 11 is 0. The predicted octanol–water partition coefficient (Wildman–Crippen LogP) is 4.73. The van der Waals surface area contributed by atoms with Crippen LogP contribution in [-0.2, 0) is 0 Å². The van der Waals surface area contributed by atoms with Crippen molar-refractivity contribution in [3.05, 3.63) is 23.3 Å². The topological polar surface area (TPSA) is 0 Å². The highest BCUT2D eigenvalue weighted by Crippen LogP contribution is 2.15. The summed E-state index contributed by atoms with van der Waals surface area (Å²) in [6, 6.07) is 0. The zero-order valence-corrected chi connectivity index (χ0v) is 9.85. The summed E-state index contributed by atoms with van der Waals surface area (Å²) in [5.41, 5.74) is 2.92. The van der Waals surface area contributed by atoms with Gasteiger partial charge in [-0.3, -0.25) is 0 Å². The smallest absolute Gasteiger partial charge is 0.0234 e. The molecule has 0 spiro atoms. The summed E-state index contributed by atoms with van der Waals surface area (Å²) in [5, 5.41) is 0. The maximum atomic E-state index is 2.33. The van der Waals surface area contributed by atoms with Crippen LogP contribution in [0.25, 0.3) is 0 Å². The zero-order chi connectivity index (χ0) is 10.3. The Morgan fingerprint density at radius 1 is 1.23 bits per heavy atom. The minimum atomic E-state index is 0.727. The molecule has 13 heavy (non-hydrogen) atoms. The third kappa shape index (κ3) is 5.68. The van der Waals surface area contributed by atoms with Crippen LogP contribution in [0.4, 0.5) is 0 Å². The lowest BCUT2D eigenvalue weighted by Gasteiger charge is -2.08. The van der Waals surface area contributed by atoms with Crippen LogP contribution >= 0.6 is 0 Å². The molecule has 0 fully saturated rings. The molecule has 0 N–H and O–H groups in total. The maximum Gasteiger partial charge on any atom is -0.0234 e. The molecule has 0 aromatic carbocycles. The Bertz CT molecular complexity index is 184. The van der Waals surface area contributed by atoms with Crippen LogP contribution in [0.3, 0.4) is 0 Å². The zero-order valence-electron chi connectivity index (χ0n) is 9.85. The minimum absolute atomic E-state index is 0.727. The molecule has 0 nitrogen and oxygen atoms in total.